The molecule has 7 rings (SSSR count). The summed E-state index contributed by atoms with van der Waals surface area (Å²) >= 11 is 0. The molecule has 1 aliphatic carbocycles. The van der Waals surface area contributed by atoms with Crippen LogP contribution in [0.4, 0.5) is 4.39 Å². The van der Waals surface area contributed by atoms with Crippen molar-refractivity contribution in [3.05, 3.63) is 65.7 Å². The number of carbonyl (C=O) groups is 1. The number of hydrogen-bond acceptors (Lipinski definition) is 4. The second-order valence-electron chi connectivity index (χ2n) is 13.7. The zero-order valence-corrected chi connectivity index (χ0v) is 24.9. The predicted molar refractivity (Wildman–Crippen MR) is 163 cm³/mol. The Morgan fingerprint density at radius 1 is 1.00 bits per heavy atom. The Morgan fingerprint density at radius 2 is 1.76 bits per heavy atom. The van der Waals surface area contributed by atoms with Crippen LogP contribution in [0.1, 0.15) is 88.1 Å². The fourth-order valence-electron chi connectivity index (χ4n) is 9.26. The van der Waals surface area contributed by atoms with Gasteiger partial charge in [0.2, 0.25) is 0 Å². The molecule has 42 heavy (non-hydrogen) atoms. The van der Waals surface area contributed by atoms with Crippen molar-refractivity contribution in [3.63, 3.8) is 0 Å². The van der Waals surface area contributed by atoms with Crippen LogP contribution in [0.3, 0.4) is 0 Å². The first-order valence-electron chi connectivity index (χ1n) is 16.4. The molecular formula is C35H45FN4O2. The molecule has 2 aromatic carbocycles. The molecule has 4 heterocycles. The summed E-state index contributed by atoms with van der Waals surface area (Å²) in [7, 11) is 0. The van der Waals surface area contributed by atoms with Gasteiger partial charge in [0.05, 0.1) is 16.4 Å². The monoisotopic (exact) mass is 572 g/mol. The van der Waals surface area contributed by atoms with Crippen molar-refractivity contribution >= 4 is 17.0 Å². The van der Waals surface area contributed by atoms with Gasteiger partial charge in [-0.05, 0) is 74.3 Å². The SMILES string of the molecule is CCc1nc2ccccc2n1[C@@H]1C[C@H]2CC[C@@H](C1)N2C[C@H]1CN(CC2(C(=O)O)CCCCC2)C[C@@H]1c1cccc(F)c1. The van der Waals surface area contributed by atoms with Gasteiger partial charge < -0.3 is 14.6 Å². The van der Waals surface area contributed by atoms with Gasteiger partial charge in [-0.1, -0.05) is 50.5 Å². The van der Waals surface area contributed by atoms with Gasteiger partial charge in [0, 0.05) is 56.6 Å². The van der Waals surface area contributed by atoms with Gasteiger partial charge in [0.25, 0.3) is 0 Å². The number of aromatic nitrogens is 2. The molecule has 1 saturated carbocycles. The predicted octanol–water partition coefficient (Wildman–Crippen LogP) is 6.66. The number of imidazole rings is 1. The first kappa shape index (κ1) is 28.0. The van der Waals surface area contributed by atoms with Crippen LogP contribution in [-0.2, 0) is 11.2 Å². The maximum atomic E-state index is 14.4. The van der Waals surface area contributed by atoms with Crippen molar-refractivity contribution in [3.8, 4) is 0 Å². The van der Waals surface area contributed by atoms with Gasteiger partial charge >= 0.3 is 5.97 Å². The molecule has 7 heteroatoms. The molecule has 5 atom stereocenters. The summed E-state index contributed by atoms with van der Waals surface area (Å²) in [5, 5.41) is 10.3. The lowest BCUT2D eigenvalue weighted by molar-refractivity contribution is -0.152. The van der Waals surface area contributed by atoms with Crippen LogP contribution < -0.4 is 0 Å². The molecule has 1 aromatic heterocycles. The van der Waals surface area contributed by atoms with Gasteiger partial charge in [0.15, 0.2) is 0 Å². The van der Waals surface area contributed by atoms with Gasteiger partial charge in [-0.2, -0.15) is 0 Å². The lowest BCUT2D eigenvalue weighted by Crippen LogP contribution is -2.47. The van der Waals surface area contributed by atoms with E-state index in [4.69, 9.17) is 4.98 Å². The molecule has 0 radical (unpaired) electrons. The van der Waals surface area contributed by atoms with Crippen LogP contribution in [-0.4, -0.2) is 68.7 Å². The molecule has 2 bridgehead atoms. The zero-order valence-electron chi connectivity index (χ0n) is 24.9. The highest BCUT2D eigenvalue weighted by Gasteiger charge is 2.47. The summed E-state index contributed by atoms with van der Waals surface area (Å²) < 4.78 is 17.0. The zero-order chi connectivity index (χ0) is 28.8. The van der Waals surface area contributed by atoms with Crippen LogP contribution in [0.15, 0.2) is 48.5 Å². The molecule has 3 saturated heterocycles. The van der Waals surface area contributed by atoms with Crippen LogP contribution in [0.2, 0.25) is 0 Å². The minimum absolute atomic E-state index is 0.181. The topological polar surface area (TPSA) is 61.6 Å². The third kappa shape index (κ3) is 5.06. The molecule has 6 nitrogen and oxygen atoms in total. The number of benzene rings is 2. The van der Waals surface area contributed by atoms with E-state index in [1.807, 2.05) is 6.07 Å². The molecular weight excluding hydrogens is 527 g/mol. The van der Waals surface area contributed by atoms with E-state index in [9.17, 15) is 14.3 Å². The number of rotatable bonds is 8. The molecule has 1 N–H and O–H groups in total. The number of aliphatic carboxylic acids is 1. The van der Waals surface area contributed by atoms with E-state index in [2.05, 4.69) is 51.6 Å². The highest BCUT2D eigenvalue weighted by Crippen LogP contribution is 2.46. The Hall–Kier alpha value is -2.77. The summed E-state index contributed by atoms with van der Waals surface area (Å²) in [5.74, 6) is 0.963. The van der Waals surface area contributed by atoms with Crippen LogP contribution in [0.25, 0.3) is 11.0 Å². The third-order valence-corrected chi connectivity index (χ3v) is 11.2. The number of likely N-dealkylation sites (tertiary alicyclic amines) is 1. The summed E-state index contributed by atoms with van der Waals surface area (Å²) in [6.45, 7) is 5.54. The van der Waals surface area contributed by atoms with E-state index in [0.717, 1.165) is 82.1 Å². The van der Waals surface area contributed by atoms with Gasteiger partial charge in [-0.3, -0.25) is 9.69 Å². The highest BCUT2D eigenvalue weighted by molar-refractivity contribution is 5.76. The van der Waals surface area contributed by atoms with E-state index in [-0.39, 0.29) is 11.7 Å². The van der Waals surface area contributed by atoms with Crippen LogP contribution in [0.5, 0.6) is 0 Å². The normalized spacial score (nSPS) is 29.8. The van der Waals surface area contributed by atoms with Crippen molar-refractivity contribution in [1.82, 2.24) is 19.4 Å². The molecule has 3 aliphatic heterocycles. The van der Waals surface area contributed by atoms with Crippen molar-refractivity contribution in [2.75, 3.05) is 26.2 Å². The Bertz CT molecular complexity index is 1420. The fraction of sp³-hybridized carbons (Fsp3) is 0.600. The number of hydrogen-bond donors (Lipinski definition) is 1. The minimum Gasteiger partial charge on any atom is -0.481 e. The molecule has 0 spiro atoms. The molecule has 0 amide bonds. The lowest BCUT2D eigenvalue weighted by Gasteiger charge is -2.42. The molecule has 4 aliphatic rings. The van der Waals surface area contributed by atoms with Crippen molar-refractivity contribution < 1.29 is 14.3 Å². The van der Waals surface area contributed by atoms with Crippen molar-refractivity contribution in [2.24, 2.45) is 11.3 Å². The summed E-state index contributed by atoms with van der Waals surface area (Å²) in [5.41, 5.74) is 2.79. The van der Waals surface area contributed by atoms with Crippen molar-refractivity contribution in [1.29, 1.82) is 0 Å². The number of nitrogens with zero attached hydrogens (tertiary/aromatic N) is 4. The Kier molecular flexibility index (Phi) is 7.60. The molecule has 4 fully saturated rings. The molecule has 0 unspecified atom stereocenters. The Labute approximate surface area is 248 Å². The van der Waals surface area contributed by atoms with Crippen LogP contribution in [0, 0.1) is 17.2 Å². The standard InChI is InChI=1S/C35H45FN4O2/c1-2-33-37-31-11-4-5-12-32(31)40(33)29-18-27-13-14-28(19-29)39(27)21-25-20-38(22-30(25)24-9-8-10-26(36)17-24)23-35(34(41)42)15-6-3-7-16-35/h4-5,8-12,17,25,27-30H,2-3,6-7,13-16,18-23H2,1H3,(H,41,42)/t25-,27-,28+,29-,30-/m1/s1. The van der Waals surface area contributed by atoms with Crippen molar-refractivity contribution in [2.45, 2.75) is 95.2 Å². The summed E-state index contributed by atoms with van der Waals surface area (Å²) in [4.78, 5) is 22.7. The number of piperidine rings is 1. The molecule has 3 aromatic rings. The highest BCUT2D eigenvalue weighted by atomic mass is 19.1. The third-order valence-electron chi connectivity index (χ3n) is 11.2. The average molecular weight is 573 g/mol. The minimum atomic E-state index is -0.637. The number of aryl methyl sites for hydroxylation is 1. The van der Waals surface area contributed by atoms with E-state index < -0.39 is 11.4 Å². The second-order valence-corrected chi connectivity index (χ2v) is 13.7. The van der Waals surface area contributed by atoms with Gasteiger partial charge in [-0.25, -0.2) is 9.37 Å². The van der Waals surface area contributed by atoms with Gasteiger partial charge in [-0.15, -0.1) is 0 Å². The van der Waals surface area contributed by atoms with Crippen LogP contribution >= 0.6 is 0 Å². The van der Waals surface area contributed by atoms with Gasteiger partial charge in [0.1, 0.15) is 11.6 Å². The summed E-state index contributed by atoms with van der Waals surface area (Å²) in [6.07, 6.45) is 10.4. The average Bonchev–Trinajstić information content (AvgIpc) is 3.64. The fourth-order valence-corrected chi connectivity index (χ4v) is 9.26. The Morgan fingerprint density at radius 3 is 2.48 bits per heavy atom. The first-order chi connectivity index (χ1) is 20.4. The quantitative estimate of drug-likeness (QED) is 0.327. The smallest absolute Gasteiger partial charge is 0.310 e. The maximum Gasteiger partial charge on any atom is 0.310 e. The number of carboxylic acid groups (broad SMARTS) is 1. The number of carboxylic acids is 1. The number of fused-ring (bicyclic) bond motifs is 3. The second kappa shape index (κ2) is 11.4. The summed E-state index contributed by atoms with van der Waals surface area (Å²) in [6, 6.07) is 17.3. The number of para-hydroxylation sites is 2. The molecule has 224 valence electrons. The van der Waals surface area contributed by atoms with E-state index >= 15 is 0 Å². The lowest BCUT2D eigenvalue weighted by atomic mass is 9.73. The number of halogens is 1. The van der Waals surface area contributed by atoms with E-state index in [1.54, 1.807) is 6.07 Å². The first-order valence-corrected chi connectivity index (χ1v) is 16.4. The Balaban J connectivity index is 1.12. The van der Waals surface area contributed by atoms with E-state index in [0.29, 0.717) is 30.6 Å². The largest absolute Gasteiger partial charge is 0.481 e. The maximum absolute atomic E-state index is 14.4. The van der Waals surface area contributed by atoms with E-state index in [1.165, 1.54) is 30.2 Å².